The minimum absolute atomic E-state index is 0.0233. The Morgan fingerprint density at radius 1 is 1.20 bits per heavy atom. The SMILES string of the molecule is CSc1ccccc1NC(=O)CCN1CCN(S(=O)(=O)N(C)C)CC1. The number of carbonyl (C=O) groups is 1. The van der Waals surface area contributed by atoms with E-state index >= 15 is 0 Å². The molecular weight excluding hydrogens is 360 g/mol. The van der Waals surface area contributed by atoms with Crippen LogP contribution >= 0.6 is 11.8 Å². The minimum Gasteiger partial charge on any atom is -0.325 e. The second-order valence-corrected chi connectivity index (χ2v) is 9.02. The van der Waals surface area contributed by atoms with Crippen molar-refractivity contribution in [3.63, 3.8) is 0 Å². The first-order valence-corrected chi connectivity index (χ1v) is 10.8. The van der Waals surface area contributed by atoms with Crippen LogP contribution in [0, 0.1) is 0 Å². The number of piperazine rings is 1. The number of amides is 1. The van der Waals surface area contributed by atoms with Crippen molar-refractivity contribution in [2.45, 2.75) is 11.3 Å². The minimum atomic E-state index is -3.34. The van der Waals surface area contributed by atoms with Crippen LogP contribution in [-0.4, -0.2) is 80.9 Å². The van der Waals surface area contributed by atoms with Gasteiger partial charge >= 0.3 is 0 Å². The summed E-state index contributed by atoms with van der Waals surface area (Å²) >= 11 is 1.60. The van der Waals surface area contributed by atoms with Gasteiger partial charge in [0.2, 0.25) is 5.91 Å². The molecule has 1 fully saturated rings. The number of hydrogen-bond donors (Lipinski definition) is 1. The molecule has 0 radical (unpaired) electrons. The predicted octanol–water partition coefficient (Wildman–Crippen LogP) is 1.16. The zero-order valence-corrected chi connectivity index (χ0v) is 16.6. The summed E-state index contributed by atoms with van der Waals surface area (Å²) in [4.78, 5) is 15.3. The fourth-order valence-electron chi connectivity index (χ4n) is 2.64. The van der Waals surface area contributed by atoms with Gasteiger partial charge in [-0.2, -0.15) is 17.0 Å². The summed E-state index contributed by atoms with van der Waals surface area (Å²) in [5, 5.41) is 2.95. The number of thioether (sulfide) groups is 1. The number of anilines is 1. The average Bonchev–Trinajstić information content (AvgIpc) is 2.60. The van der Waals surface area contributed by atoms with E-state index in [0.29, 0.717) is 39.1 Å². The van der Waals surface area contributed by atoms with E-state index in [1.165, 1.54) is 8.61 Å². The van der Waals surface area contributed by atoms with Crippen molar-refractivity contribution in [2.75, 3.05) is 58.4 Å². The van der Waals surface area contributed by atoms with E-state index in [2.05, 4.69) is 10.2 Å². The molecule has 0 bridgehead atoms. The highest BCUT2D eigenvalue weighted by molar-refractivity contribution is 7.98. The van der Waals surface area contributed by atoms with Crippen molar-refractivity contribution in [3.05, 3.63) is 24.3 Å². The first-order valence-electron chi connectivity index (χ1n) is 8.17. The highest BCUT2D eigenvalue weighted by Crippen LogP contribution is 2.24. The second kappa shape index (κ2) is 9.00. The van der Waals surface area contributed by atoms with Gasteiger partial charge in [-0.05, 0) is 18.4 Å². The van der Waals surface area contributed by atoms with Crippen molar-refractivity contribution in [3.8, 4) is 0 Å². The molecule has 0 unspecified atom stereocenters. The van der Waals surface area contributed by atoms with Gasteiger partial charge in [0.25, 0.3) is 10.2 Å². The van der Waals surface area contributed by atoms with Crippen LogP contribution in [0.2, 0.25) is 0 Å². The summed E-state index contributed by atoms with van der Waals surface area (Å²) in [5.74, 6) is -0.0233. The molecule has 0 aliphatic carbocycles. The summed E-state index contributed by atoms with van der Waals surface area (Å²) in [5.41, 5.74) is 0.835. The van der Waals surface area contributed by atoms with Crippen molar-refractivity contribution >= 4 is 33.6 Å². The third-order valence-corrected chi connectivity index (χ3v) is 6.89. The van der Waals surface area contributed by atoms with E-state index in [4.69, 9.17) is 0 Å². The van der Waals surface area contributed by atoms with Crippen molar-refractivity contribution < 1.29 is 13.2 Å². The monoisotopic (exact) mass is 386 g/mol. The number of nitrogens with zero attached hydrogens (tertiary/aromatic N) is 3. The summed E-state index contributed by atoms with van der Waals surface area (Å²) in [6.07, 6.45) is 2.37. The molecule has 0 atom stereocenters. The molecule has 7 nitrogen and oxygen atoms in total. The lowest BCUT2D eigenvalue weighted by Crippen LogP contribution is -2.51. The van der Waals surface area contributed by atoms with Crippen molar-refractivity contribution in [1.82, 2.24) is 13.5 Å². The molecule has 1 aromatic carbocycles. The van der Waals surface area contributed by atoms with Crippen LogP contribution in [0.1, 0.15) is 6.42 Å². The number of benzene rings is 1. The lowest BCUT2D eigenvalue weighted by atomic mass is 10.3. The maximum absolute atomic E-state index is 12.2. The average molecular weight is 387 g/mol. The summed E-state index contributed by atoms with van der Waals surface area (Å²) < 4.78 is 26.9. The molecule has 0 aromatic heterocycles. The van der Waals surface area contributed by atoms with E-state index in [-0.39, 0.29) is 5.91 Å². The van der Waals surface area contributed by atoms with Gasteiger partial charge in [-0.1, -0.05) is 12.1 Å². The molecule has 1 aliphatic heterocycles. The van der Waals surface area contributed by atoms with Crippen LogP contribution in [0.4, 0.5) is 5.69 Å². The maximum atomic E-state index is 12.2. The Hall–Kier alpha value is -1.13. The first kappa shape index (κ1) is 20.2. The third-order valence-electron chi connectivity index (χ3n) is 4.16. The van der Waals surface area contributed by atoms with Crippen LogP contribution in [0.3, 0.4) is 0 Å². The van der Waals surface area contributed by atoms with E-state index in [1.807, 2.05) is 30.5 Å². The lowest BCUT2D eigenvalue weighted by Gasteiger charge is -2.34. The van der Waals surface area contributed by atoms with Crippen LogP contribution in [-0.2, 0) is 15.0 Å². The number of carbonyl (C=O) groups excluding carboxylic acids is 1. The maximum Gasteiger partial charge on any atom is 0.281 e. The molecule has 1 aliphatic rings. The van der Waals surface area contributed by atoms with E-state index in [1.54, 1.807) is 25.9 Å². The lowest BCUT2D eigenvalue weighted by molar-refractivity contribution is -0.116. The van der Waals surface area contributed by atoms with E-state index < -0.39 is 10.2 Å². The third kappa shape index (κ3) is 5.42. The van der Waals surface area contributed by atoms with Crippen LogP contribution in [0.15, 0.2) is 29.2 Å². The smallest absolute Gasteiger partial charge is 0.281 e. The number of rotatable bonds is 7. The van der Waals surface area contributed by atoms with Gasteiger partial charge in [0.05, 0.1) is 5.69 Å². The van der Waals surface area contributed by atoms with Crippen molar-refractivity contribution in [2.24, 2.45) is 0 Å². The number of hydrogen-bond acceptors (Lipinski definition) is 5. The normalized spacial score (nSPS) is 17.0. The fourth-order valence-corrected chi connectivity index (χ4v) is 4.28. The fraction of sp³-hybridized carbons (Fsp3) is 0.562. The Morgan fingerprint density at radius 3 is 2.44 bits per heavy atom. The predicted molar refractivity (Wildman–Crippen MR) is 102 cm³/mol. The molecule has 1 saturated heterocycles. The Bertz CT molecular complexity index is 686. The van der Waals surface area contributed by atoms with Crippen LogP contribution < -0.4 is 5.32 Å². The summed E-state index contributed by atoms with van der Waals surface area (Å²) in [7, 11) is -0.264. The molecule has 25 heavy (non-hydrogen) atoms. The Labute approximate surface area is 154 Å². The van der Waals surface area contributed by atoms with E-state index in [9.17, 15) is 13.2 Å². The molecule has 9 heteroatoms. The first-order chi connectivity index (χ1) is 11.8. The Balaban J connectivity index is 1.78. The zero-order valence-electron chi connectivity index (χ0n) is 14.9. The topological polar surface area (TPSA) is 73.0 Å². The van der Waals surface area contributed by atoms with Gasteiger partial charge in [-0.15, -0.1) is 11.8 Å². The van der Waals surface area contributed by atoms with Gasteiger partial charge in [0.1, 0.15) is 0 Å². The van der Waals surface area contributed by atoms with Gasteiger partial charge in [0.15, 0.2) is 0 Å². The molecule has 0 spiro atoms. The van der Waals surface area contributed by atoms with Gasteiger partial charge in [-0.3, -0.25) is 4.79 Å². The number of para-hydroxylation sites is 1. The van der Waals surface area contributed by atoms with Gasteiger partial charge < -0.3 is 10.2 Å². The highest BCUT2D eigenvalue weighted by Gasteiger charge is 2.28. The van der Waals surface area contributed by atoms with Gasteiger partial charge in [-0.25, -0.2) is 0 Å². The largest absolute Gasteiger partial charge is 0.325 e. The van der Waals surface area contributed by atoms with Crippen molar-refractivity contribution in [1.29, 1.82) is 0 Å². The summed E-state index contributed by atoms with van der Waals surface area (Å²) in [6, 6.07) is 7.72. The van der Waals surface area contributed by atoms with Crippen LogP contribution in [0.25, 0.3) is 0 Å². The quantitative estimate of drug-likeness (QED) is 0.712. The highest BCUT2D eigenvalue weighted by atomic mass is 32.2. The summed E-state index contributed by atoms with van der Waals surface area (Å²) in [6.45, 7) is 2.82. The second-order valence-electron chi connectivity index (χ2n) is 6.03. The molecule has 2 rings (SSSR count). The zero-order chi connectivity index (χ0) is 18.4. The Kier molecular flexibility index (Phi) is 7.26. The van der Waals surface area contributed by atoms with Gasteiger partial charge in [0, 0.05) is 58.1 Å². The Morgan fingerprint density at radius 2 is 1.84 bits per heavy atom. The van der Waals surface area contributed by atoms with E-state index in [0.717, 1.165) is 10.6 Å². The number of nitrogens with one attached hydrogen (secondary N) is 1. The molecule has 1 amide bonds. The molecular formula is C16H26N4O3S2. The van der Waals surface area contributed by atoms with Crippen LogP contribution in [0.5, 0.6) is 0 Å². The molecule has 1 N–H and O–H groups in total. The molecule has 1 aromatic rings. The standard InChI is InChI=1S/C16H26N4O3S2/c1-18(2)25(22,23)20-12-10-19(11-13-20)9-8-16(21)17-14-6-4-5-7-15(14)24-3/h4-7H,8-13H2,1-3H3,(H,17,21). The molecule has 140 valence electrons. The molecule has 0 saturated carbocycles. The molecule has 1 heterocycles.